The summed E-state index contributed by atoms with van der Waals surface area (Å²) >= 11 is 0. The van der Waals surface area contributed by atoms with Gasteiger partial charge in [-0.3, -0.25) is 4.31 Å². The molecule has 2 heterocycles. The largest absolute Gasteiger partial charge is 0.463 e. The van der Waals surface area contributed by atoms with E-state index in [1.54, 1.807) is 19.1 Å². The third-order valence-corrected chi connectivity index (χ3v) is 6.76. The summed E-state index contributed by atoms with van der Waals surface area (Å²) in [6.07, 6.45) is 0.730. The van der Waals surface area contributed by atoms with Gasteiger partial charge >= 0.3 is 0 Å². The summed E-state index contributed by atoms with van der Waals surface area (Å²) in [7, 11) is -3.44. The predicted molar refractivity (Wildman–Crippen MR) is 118 cm³/mol. The van der Waals surface area contributed by atoms with Gasteiger partial charge in [0.1, 0.15) is 17.1 Å². The van der Waals surface area contributed by atoms with Crippen molar-refractivity contribution < 1.29 is 17.9 Å². The van der Waals surface area contributed by atoms with Crippen LogP contribution in [0, 0.1) is 6.92 Å². The first-order chi connectivity index (χ1) is 14.2. The number of sulfonamides is 1. The number of hydrogen-bond acceptors (Lipinski definition) is 5. The van der Waals surface area contributed by atoms with Crippen molar-refractivity contribution in [2.45, 2.75) is 32.8 Å². The Bertz CT molecular complexity index is 998. The Hall–Kier alpha value is -2.52. The first-order valence-electron chi connectivity index (χ1n) is 10.1. The highest BCUT2D eigenvalue weighted by atomic mass is 32.2. The normalized spacial score (nSPS) is 16.3. The van der Waals surface area contributed by atoms with E-state index in [4.69, 9.17) is 4.42 Å². The molecule has 8 nitrogen and oxygen atoms in total. The molecule has 1 aromatic carbocycles. The van der Waals surface area contributed by atoms with Crippen LogP contribution in [-0.4, -0.2) is 51.4 Å². The number of fused-ring (bicyclic) bond motifs is 1. The van der Waals surface area contributed by atoms with Gasteiger partial charge in [-0.25, -0.2) is 13.4 Å². The molecular weight excluding hydrogens is 404 g/mol. The minimum Gasteiger partial charge on any atom is -0.463 e. The van der Waals surface area contributed by atoms with Gasteiger partial charge in [0.15, 0.2) is 5.96 Å². The lowest BCUT2D eigenvalue weighted by atomic mass is 10.0. The average molecular weight is 435 g/mol. The van der Waals surface area contributed by atoms with Crippen molar-refractivity contribution in [1.29, 1.82) is 0 Å². The minimum atomic E-state index is -3.44. The summed E-state index contributed by atoms with van der Waals surface area (Å²) in [5, 5.41) is 16.8. The molecule has 2 aromatic rings. The monoisotopic (exact) mass is 434 g/mol. The van der Waals surface area contributed by atoms with Crippen LogP contribution in [0.25, 0.3) is 0 Å². The van der Waals surface area contributed by atoms with Gasteiger partial charge in [-0.15, -0.1) is 0 Å². The molecule has 3 N–H and O–H groups in total. The van der Waals surface area contributed by atoms with Crippen molar-refractivity contribution in [1.82, 2.24) is 10.6 Å². The third kappa shape index (κ3) is 5.14. The lowest BCUT2D eigenvalue weighted by Crippen LogP contribution is -2.42. The van der Waals surface area contributed by atoms with Crippen molar-refractivity contribution in [3.63, 3.8) is 0 Å². The van der Waals surface area contributed by atoms with Gasteiger partial charge in [0.2, 0.25) is 10.0 Å². The van der Waals surface area contributed by atoms with Gasteiger partial charge in [-0.05, 0) is 51.0 Å². The zero-order valence-corrected chi connectivity index (χ0v) is 18.5. The van der Waals surface area contributed by atoms with Crippen LogP contribution in [0.2, 0.25) is 0 Å². The van der Waals surface area contributed by atoms with Crippen molar-refractivity contribution in [3.05, 3.63) is 53.5 Å². The Morgan fingerprint density at radius 1 is 1.27 bits per heavy atom. The highest BCUT2D eigenvalue weighted by Crippen LogP contribution is 2.29. The molecule has 1 aliphatic heterocycles. The maximum absolute atomic E-state index is 12.8. The van der Waals surface area contributed by atoms with Crippen molar-refractivity contribution in [3.8, 4) is 0 Å². The van der Waals surface area contributed by atoms with E-state index in [2.05, 4.69) is 15.6 Å². The standard InChI is InChI=1S/C21H30N4O4S/c1-4-22-20(24-15-21(3,26)19-10-9-16(2)29-19)23-12-14-30(27,28)25-13-11-17-7-5-6-8-18(17)25/h5-10,26H,4,11-15H2,1-3H3,(H2,22,23,24). The topological polar surface area (TPSA) is 107 Å². The highest BCUT2D eigenvalue weighted by molar-refractivity contribution is 7.92. The number of nitrogens with zero attached hydrogens (tertiary/aromatic N) is 2. The Balaban J connectivity index is 1.60. The van der Waals surface area contributed by atoms with E-state index in [-0.39, 0.29) is 18.8 Å². The second kappa shape index (κ2) is 9.09. The molecule has 0 saturated heterocycles. The van der Waals surface area contributed by atoms with Gasteiger partial charge < -0.3 is 20.2 Å². The first kappa shape index (κ1) is 22.2. The Morgan fingerprint density at radius 2 is 2.03 bits per heavy atom. The van der Waals surface area contributed by atoms with E-state index >= 15 is 0 Å². The number of aliphatic imine (C=N–C) groups is 1. The van der Waals surface area contributed by atoms with E-state index in [0.717, 1.165) is 17.7 Å². The van der Waals surface area contributed by atoms with E-state index in [0.29, 0.717) is 30.6 Å². The number of furan rings is 1. The summed E-state index contributed by atoms with van der Waals surface area (Å²) < 4.78 is 32.6. The molecule has 1 aromatic heterocycles. The van der Waals surface area contributed by atoms with E-state index in [9.17, 15) is 13.5 Å². The van der Waals surface area contributed by atoms with E-state index in [1.165, 1.54) is 4.31 Å². The van der Waals surface area contributed by atoms with Crippen LogP contribution in [0.3, 0.4) is 0 Å². The number of benzene rings is 1. The van der Waals surface area contributed by atoms with Crippen LogP contribution in [0.15, 0.2) is 45.8 Å². The average Bonchev–Trinajstić information content (AvgIpc) is 3.33. The number of nitrogens with one attached hydrogen (secondary N) is 2. The summed E-state index contributed by atoms with van der Waals surface area (Å²) in [4.78, 5) is 4.40. The van der Waals surface area contributed by atoms with Gasteiger partial charge in [0.05, 0.1) is 18.0 Å². The van der Waals surface area contributed by atoms with Crippen molar-refractivity contribution in [2.75, 3.05) is 36.2 Å². The van der Waals surface area contributed by atoms with Crippen LogP contribution < -0.4 is 14.9 Å². The van der Waals surface area contributed by atoms with Gasteiger partial charge in [0.25, 0.3) is 0 Å². The molecule has 0 radical (unpaired) electrons. The molecule has 0 amide bonds. The van der Waals surface area contributed by atoms with Crippen LogP contribution in [0.1, 0.15) is 30.9 Å². The number of hydrogen-bond donors (Lipinski definition) is 3. The number of anilines is 1. The summed E-state index contributed by atoms with van der Waals surface area (Å²) in [6, 6.07) is 11.1. The fourth-order valence-corrected chi connectivity index (χ4v) is 4.81. The number of aliphatic hydroxyl groups is 1. The number of aryl methyl sites for hydroxylation is 1. The maximum atomic E-state index is 12.8. The van der Waals surface area contributed by atoms with Crippen LogP contribution in [-0.2, 0) is 22.0 Å². The summed E-state index contributed by atoms with van der Waals surface area (Å²) in [5.41, 5.74) is 0.560. The first-order valence-corrected chi connectivity index (χ1v) is 11.7. The third-order valence-electron chi connectivity index (χ3n) is 4.99. The van der Waals surface area contributed by atoms with Crippen molar-refractivity contribution >= 4 is 21.7 Å². The maximum Gasteiger partial charge on any atom is 0.236 e. The lowest BCUT2D eigenvalue weighted by Gasteiger charge is -2.21. The molecular formula is C21H30N4O4S. The summed E-state index contributed by atoms with van der Waals surface area (Å²) in [6.45, 7) is 6.72. The van der Waals surface area contributed by atoms with Crippen LogP contribution in [0.5, 0.6) is 0 Å². The van der Waals surface area contributed by atoms with Crippen LogP contribution in [0.4, 0.5) is 5.69 Å². The second-order valence-corrected chi connectivity index (χ2v) is 9.59. The van der Waals surface area contributed by atoms with Gasteiger partial charge in [-0.2, -0.15) is 0 Å². The van der Waals surface area contributed by atoms with E-state index < -0.39 is 15.6 Å². The van der Waals surface area contributed by atoms with Gasteiger partial charge in [0, 0.05) is 19.6 Å². The zero-order valence-electron chi connectivity index (χ0n) is 17.7. The Labute approximate surface area is 178 Å². The fraction of sp³-hybridized carbons (Fsp3) is 0.476. The molecule has 1 aliphatic rings. The highest BCUT2D eigenvalue weighted by Gasteiger charge is 2.29. The molecule has 0 saturated carbocycles. The molecule has 30 heavy (non-hydrogen) atoms. The van der Waals surface area contributed by atoms with Crippen molar-refractivity contribution in [2.24, 2.45) is 4.99 Å². The number of guanidine groups is 1. The molecule has 0 bridgehead atoms. The second-order valence-electron chi connectivity index (χ2n) is 7.57. The SMILES string of the molecule is CCNC(=NCC(C)(O)c1ccc(C)o1)NCCS(=O)(=O)N1CCc2ccccc21. The number of rotatable bonds is 8. The minimum absolute atomic E-state index is 0.0560. The quantitative estimate of drug-likeness (QED) is 0.432. The molecule has 0 aliphatic carbocycles. The molecule has 9 heteroatoms. The smallest absolute Gasteiger partial charge is 0.236 e. The van der Waals surface area contributed by atoms with Gasteiger partial charge in [-0.1, -0.05) is 18.2 Å². The fourth-order valence-electron chi connectivity index (χ4n) is 3.38. The predicted octanol–water partition coefficient (Wildman–Crippen LogP) is 1.74. The molecule has 0 fully saturated rings. The van der Waals surface area contributed by atoms with Crippen LogP contribution >= 0.6 is 0 Å². The lowest BCUT2D eigenvalue weighted by molar-refractivity contribution is 0.0428. The molecule has 164 valence electrons. The number of para-hydroxylation sites is 1. The molecule has 1 atom stereocenters. The molecule has 1 unspecified atom stereocenters. The van der Waals surface area contributed by atoms with E-state index in [1.807, 2.05) is 38.1 Å². The summed E-state index contributed by atoms with van der Waals surface area (Å²) in [5.74, 6) is 1.54. The Morgan fingerprint density at radius 3 is 2.73 bits per heavy atom. The zero-order chi connectivity index (χ0) is 21.8. The molecule has 0 spiro atoms. The Kier molecular flexibility index (Phi) is 6.72. The molecule has 3 rings (SSSR count).